The first-order valence-corrected chi connectivity index (χ1v) is 12.0. The van der Waals surface area contributed by atoms with Crippen molar-refractivity contribution in [3.8, 4) is 5.75 Å². The van der Waals surface area contributed by atoms with Gasteiger partial charge >= 0.3 is 0 Å². The van der Waals surface area contributed by atoms with Crippen LogP contribution in [0.2, 0.25) is 0 Å². The predicted molar refractivity (Wildman–Crippen MR) is 113 cm³/mol. The highest BCUT2D eigenvalue weighted by Gasteiger charge is 2.43. The molecule has 0 unspecified atom stereocenters. The first kappa shape index (κ1) is 19.4. The molecule has 1 N–H and O–H groups in total. The highest BCUT2D eigenvalue weighted by Crippen LogP contribution is 2.51. The van der Waals surface area contributed by atoms with Crippen molar-refractivity contribution in [2.45, 2.75) is 45.1 Å². The van der Waals surface area contributed by atoms with E-state index in [2.05, 4.69) is 15.0 Å². The average molecular weight is 431 g/mol. The van der Waals surface area contributed by atoms with E-state index in [-0.39, 0.29) is 17.0 Å². The zero-order valence-electron chi connectivity index (χ0n) is 17.0. The fraction of sp³-hybridized carbons (Fsp3) is 0.524. The molecule has 2 aromatic heterocycles. The summed E-state index contributed by atoms with van der Waals surface area (Å²) in [5.41, 5.74) is 1.30. The first-order chi connectivity index (χ1) is 14.5. The van der Waals surface area contributed by atoms with Crippen LogP contribution in [0.15, 0.2) is 35.1 Å². The minimum Gasteiger partial charge on any atom is -0.496 e. The highest BCUT2D eigenvalue weighted by atomic mass is 32.2. The molecule has 30 heavy (non-hydrogen) atoms. The molecule has 3 saturated carbocycles. The van der Waals surface area contributed by atoms with Gasteiger partial charge in [-0.1, -0.05) is 5.16 Å². The molecule has 3 fully saturated rings. The van der Waals surface area contributed by atoms with E-state index in [1.165, 1.54) is 0 Å². The zero-order chi connectivity index (χ0) is 20.8. The quantitative estimate of drug-likeness (QED) is 0.612. The second-order valence-corrected chi connectivity index (χ2v) is 10.5. The minimum absolute atomic E-state index is 0.0961. The van der Waals surface area contributed by atoms with E-state index in [9.17, 15) is 8.42 Å². The Morgan fingerprint density at radius 2 is 2.03 bits per heavy atom. The Hall–Kier alpha value is -2.55. The maximum absolute atomic E-state index is 13.0. The number of hydrogen-bond donors (Lipinski definition) is 1. The van der Waals surface area contributed by atoms with Crippen LogP contribution in [0.5, 0.6) is 5.75 Å². The minimum atomic E-state index is -3.56. The van der Waals surface area contributed by atoms with E-state index >= 15 is 0 Å². The van der Waals surface area contributed by atoms with Crippen molar-refractivity contribution in [2.24, 2.45) is 11.3 Å². The van der Waals surface area contributed by atoms with E-state index < -0.39 is 10.0 Å². The van der Waals surface area contributed by atoms with Gasteiger partial charge in [0.1, 0.15) is 11.1 Å². The second-order valence-electron chi connectivity index (χ2n) is 8.75. The molecule has 8 nitrogen and oxygen atoms in total. The van der Waals surface area contributed by atoms with Gasteiger partial charge in [-0.25, -0.2) is 8.42 Å². The second kappa shape index (κ2) is 7.30. The molecule has 0 aliphatic heterocycles. The van der Waals surface area contributed by atoms with Gasteiger partial charge in [0.25, 0.3) is 0 Å². The van der Waals surface area contributed by atoms with Crippen molar-refractivity contribution in [3.63, 3.8) is 0 Å². The SMILES string of the molecule is COc1cc(Cn2cccn2)cc2onc(NS(=O)(=O)CC34CCC(CC3)CC4)c12. The van der Waals surface area contributed by atoms with Crippen molar-refractivity contribution < 1.29 is 17.7 Å². The van der Waals surface area contributed by atoms with Gasteiger partial charge in [-0.2, -0.15) is 5.10 Å². The standard InChI is InChI=1S/C21H26N4O4S/c1-28-17-11-16(13-25-10-2-9-22-25)12-18-19(17)20(23-29-18)24-30(26,27)14-21-6-3-15(4-7-21)5-8-21/h2,9-12,15H,3-8,13-14H2,1H3,(H,23,24). The van der Waals surface area contributed by atoms with Crippen molar-refractivity contribution in [1.82, 2.24) is 14.9 Å². The normalized spacial score (nSPS) is 23.7. The molecule has 6 rings (SSSR count). The Bertz CT molecular complexity index is 1130. The fourth-order valence-electron chi connectivity index (χ4n) is 5.13. The van der Waals surface area contributed by atoms with Crippen LogP contribution in [0.3, 0.4) is 0 Å². The van der Waals surface area contributed by atoms with Crippen LogP contribution in [0, 0.1) is 11.3 Å². The lowest BCUT2D eigenvalue weighted by atomic mass is 9.62. The molecule has 0 amide bonds. The number of ether oxygens (including phenoxy) is 1. The molecular formula is C21H26N4O4S. The lowest BCUT2D eigenvalue weighted by Gasteiger charge is -2.46. The summed E-state index contributed by atoms with van der Waals surface area (Å²) in [6, 6.07) is 5.56. The number of methoxy groups -OCH3 is 1. The monoisotopic (exact) mass is 430 g/mol. The Kier molecular flexibility index (Phi) is 4.72. The number of anilines is 1. The van der Waals surface area contributed by atoms with Gasteiger partial charge in [0.2, 0.25) is 10.0 Å². The molecule has 3 aromatic rings. The number of nitrogens with zero attached hydrogens (tertiary/aromatic N) is 3. The van der Waals surface area contributed by atoms with Crippen LogP contribution in [0.25, 0.3) is 11.0 Å². The third-order valence-electron chi connectivity index (χ3n) is 6.72. The van der Waals surface area contributed by atoms with Crippen LogP contribution < -0.4 is 9.46 Å². The van der Waals surface area contributed by atoms with Crippen LogP contribution in [-0.2, 0) is 16.6 Å². The van der Waals surface area contributed by atoms with Crippen molar-refractivity contribution in [1.29, 1.82) is 0 Å². The summed E-state index contributed by atoms with van der Waals surface area (Å²) in [5.74, 6) is 1.64. The fourth-order valence-corrected chi connectivity index (χ4v) is 6.88. The van der Waals surface area contributed by atoms with Gasteiger partial charge in [0.15, 0.2) is 11.4 Å². The molecular weight excluding hydrogens is 404 g/mol. The van der Waals surface area contributed by atoms with Gasteiger partial charge in [-0.15, -0.1) is 0 Å². The van der Waals surface area contributed by atoms with Crippen molar-refractivity contribution in [2.75, 3.05) is 17.6 Å². The van der Waals surface area contributed by atoms with Gasteiger partial charge in [-0.3, -0.25) is 9.40 Å². The molecule has 0 radical (unpaired) electrons. The molecule has 2 heterocycles. The zero-order valence-corrected chi connectivity index (χ0v) is 17.8. The largest absolute Gasteiger partial charge is 0.496 e. The highest BCUT2D eigenvalue weighted by molar-refractivity contribution is 7.92. The Balaban J connectivity index is 1.41. The van der Waals surface area contributed by atoms with Crippen LogP contribution in [0.4, 0.5) is 5.82 Å². The summed E-state index contributed by atoms with van der Waals surface area (Å²) in [6.07, 6.45) is 10.0. The summed E-state index contributed by atoms with van der Waals surface area (Å²) >= 11 is 0. The summed E-state index contributed by atoms with van der Waals surface area (Å²) < 4.78 is 41.5. The average Bonchev–Trinajstić information content (AvgIpc) is 3.38. The summed E-state index contributed by atoms with van der Waals surface area (Å²) in [6.45, 7) is 0.546. The Morgan fingerprint density at radius 1 is 1.27 bits per heavy atom. The molecule has 0 atom stereocenters. The third kappa shape index (κ3) is 3.66. The van der Waals surface area contributed by atoms with Gasteiger partial charge < -0.3 is 9.26 Å². The molecule has 0 spiro atoms. The summed E-state index contributed by atoms with van der Waals surface area (Å²) in [4.78, 5) is 0. The number of nitrogens with one attached hydrogen (secondary N) is 1. The van der Waals surface area contributed by atoms with Crippen LogP contribution in [0.1, 0.15) is 44.1 Å². The lowest BCUT2D eigenvalue weighted by Crippen LogP contribution is -2.40. The summed E-state index contributed by atoms with van der Waals surface area (Å²) in [7, 11) is -2.01. The molecule has 3 aliphatic rings. The number of aromatic nitrogens is 3. The van der Waals surface area contributed by atoms with E-state index in [1.54, 1.807) is 18.0 Å². The molecule has 160 valence electrons. The number of sulfonamides is 1. The van der Waals surface area contributed by atoms with E-state index in [0.29, 0.717) is 23.3 Å². The van der Waals surface area contributed by atoms with Crippen LogP contribution in [-0.4, -0.2) is 36.2 Å². The smallest absolute Gasteiger partial charge is 0.234 e. The maximum Gasteiger partial charge on any atom is 0.234 e. The Morgan fingerprint density at radius 3 is 2.70 bits per heavy atom. The molecule has 9 heteroatoms. The molecule has 3 aliphatic carbocycles. The molecule has 1 aromatic carbocycles. The van der Waals surface area contributed by atoms with Crippen molar-refractivity contribution in [3.05, 3.63) is 36.2 Å². The lowest BCUT2D eigenvalue weighted by molar-refractivity contribution is 0.0862. The number of benzene rings is 1. The van der Waals surface area contributed by atoms with Gasteiger partial charge in [-0.05, 0) is 73.6 Å². The Labute approximate surface area is 175 Å². The predicted octanol–water partition coefficient (Wildman–Crippen LogP) is 3.79. The molecule has 0 saturated heterocycles. The van der Waals surface area contributed by atoms with E-state index in [4.69, 9.17) is 9.26 Å². The molecule has 2 bridgehead atoms. The topological polar surface area (TPSA) is 99.2 Å². The van der Waals surface area contributed by atoms with E-state index in [0.717, 1.165) is 50.0 Å². The van der Waals surface area contributed by atoms with E-state index in [1.807, 2.05) is 24.4 Å². The third-order valence-corrected chi connectivity index (χ3v) is 8.22. The number of fused-ring (bicyclic) bond motifs is 4. The number of hydrogen-bond acceptors (Lipinski definition) is 6. The van der Waals surface area contributed by atoms with Crippen molar-refractivity contribution >= 4 is 26.8 Å². The van der Waals surface area contributed by atoms with Gasteiger partial charge in [0, 0.05) is 12.4 Å². The van der Waals surface area contributed by atoms with Crippen LogP contribution >= 0.6 is 0 Å². The van der Waals surface area contributed by atoms with Gasteiger partial charge in [0.05, 0.1) is 19.4 Å². The first-order valence-electron chi connectivity index (χ1n) is 10.4. The summed E-state index contributed by atoms with van der Waals surface area (Å²) in [5, 5.41) is 8.76. The maximum atomic E-state index is 13.0. The number of rotatable bonds is 7.